The van der Waals surface area contributed by atoms with Crippen molar-refractivity contribution in [3.05, 3.63) is 114 Å². The number of fused-ring (bicyclic) bond motifs is 1. The zero-order chi connectivity index (χ0) is 24.6. The highest BCUT2D eigenvalue weighted by atomic mass is 15.1. The molecule has 0 bridgehead atoms. The second-order valence-corrected chi connectivity index (χ2v) is 9.60. The van der Waals surface area contributed by atoms with E-state index in [2.05, 4.69) is 93.9 Å². The van der Waals surface area contributed by atoms with Gasteiger partial charge in [0.05, 0.1) is 0 Å². The molecule has 3 rings (SSSR count). The van der Waals surface area contributed by atoms with Crippen LogP contribution in [0.2, 0.25) is 0 Å². The van der Waals surface area contributed by atoms with Crippen molar-refractivity contribution in [2.45, 2.75) is 59.9 Å². The molecule has 1 aliphatic rings. The maximum atomic E-state index is 5.40. The van der Waals surface area contributed by atoms with E-state index in [0.717, 1.165) is 6.54 Å². The first kappa shape index (κ1) is 25.4. The Hall–Kier alpha value is -3.26. The lowest BCUT2D eigenvalue weighted by atomic mass is 9.70. The van der Waals surface area contributed by atoms with Crippen molar-refractivity contribution in [2.75, 3.05) is 4.90 Å². The van der Waals surface area contributed by atoms with Crippen LogP contribution < -0.4 is 10.6 Å². The molecule has 34 heavy (non-hydrogen) atoms. The van der Waals surface area contributed by atoms with Gasteiger partial charge in [-0.05, 0) is 65.8 Å². The van der Waals surface area contributed by atoms with Gasteiger partial charge in [0, 0.05) is 24.0 Å². The number of nitrogens with zero attached hydrogens (tertiary/aromatic N) is 1. The van der Waals surface area contributed by atoms with Gasteiger partial charge in [0.15, 0.2) is 0 Å². The molecule has 0 saturated heterocycles. The molecular formula is C32H40N2. The zero-order valence-electron chi connectivity index (χ0n) is 21.4. The first-order valence-corrected chi connectivity index (χ1v) is 12.5. The molecule has 0 radical (unpaired) electrons. The van der Waals surface area contributed by atoms with Crippen molar-refractivity contribution in [1.29, 1.82) is 0 Å². The molecule has 2 heteroatoms. The van der Waals surface area contributed by atoms with Gasteiger partial charge < -0.3 is 10.6 Å². The Morgan fingerprint density at radius 2 is 1.62 bits per heavy atom. The van der Waals surface area contributed by atoms with Gasteiger partial charge in [-0.2, -0.15) is 0 Å². The van der Waals surface area contributed by atoms with Gasteiger partial charge in [-0.25, -0.2) is 0 Å². The van der Waals surface area contributed by atoms with Crippen LogP contribution in [0.3, 0.4) is 0 Å². The SMILES string of the molecule is C=C1C(C(C)(CCC)CCC)=CN(Cc2ccc(C)cc2)c2cc(\C=C/C=C\C=C\N)ccc21. The van der Waals surface area contributed by atoms with Gasteiger partial charge >= 0.3 is 0 Å². The minimum absolute atomic E-state index is 0.129. The number of benzene rings is 2. The molecule has 2 aromatic rings. The molecule has 0 saturated carbocycles. The van der Waals surface area contributed by atoms with Gasteiger partial charge in [0.1, 0.15) is 0 Å². The molecule has 178 valence electrons. The van der Waals surface area contributed by atoms with Crippen LogP contribution in [0.4, 0.5) is 5.69 Å². The van der Waals surface area contributed by atoms with Crippen molar-refractivity contribution in [1.82, 2.24) is 0 Å². The normalized spacial score (nSPS) is 14.4. The summed E-state index contributed by atoms with van der Waals surface area (Å²) in [5.41, 5.74) is 14.3. The van der Waals surface area contributed by atoms with Gasteiger partial charge in [0.2, 0.25) is 0 Å². The Morgan fingerprint density at radius 1 is 0.941 bits per heavy atom. The van der Waals surface area contributed by atoms with Crippen molar-refractivity contribution in [2.24, 2.45) is 11.1 Å². The zero-order valence-corrected chi connectivity index (χ0v) is 21.4. The van der Waals surface area contributed by atoms with E-state index in [1.54, 1.807) is 0 Å². The summed E-state index contributed by atoms with van der Waals surface area (Å²) in [5, 5.41) is 0. The largest absolute Gasteiger partial charge is 0.405 e. The average molecular weight is 453 g/mol. The highest BCUT2D eigenvalue weighted by Gasteiger charge is 2.33. The van der Waals surface area contributed by atoms with E-state index in [-0.39, 0.29) is 5.41 Å². The second kappa shape index (κ2) is 11.7. The molecule has 0 atom stereocenters. The molecule has 2 N–H and O–H groups in total. The lowest BCUT2D eigenvalue weighted by Crippen LogP contribution is -2.28. The number of aryl methyl sites for hydroxylation is 1. The molecule has 0 aromatic heterocycles. The Balaban J connectivity index is 2.05. The van der Waals surface area contributed by atoms with E-state index < -0.39 is 0 Å². The summed E-state index contributed by atoms with van der Waals surface area (Å²) in [6.07, 6.45) is 18.5. The van der Waals surface area contributed by atoms with Crippen molar-refractivity contribution in [3.63, 3.8) is 0 Å². The number of allylic oxidation sites excluding steroid dienone is 6. The lowest BCUT2D eigenvalue weighted by Gasteiger charge is -2.40. The van der Waals surface area contributed by atoms with Crippen molar-refractivity contribution < 1.29 is 0 Å². The first-order valence-electron chi connectivity index (χ1n) is 12.5. The maximum Gasteiger partial charge on any atom is 0.0494 e. The molecule has 0 spiro atoms. The summed E-state index contributed by atoms with van der Waals surface area (Å²) in [6.45, 7) is 14.6. The van der Waals surface area contributed by atoms with Gasteiger partial charge in [0.25, 0.3) is 0 Å². The first-order chi connectivity index (χ1) is 16.4. The monoisotopic (exact) mass is 452 g/mol. The molecule has 1 heterocycles. The Morgan fingerprint density at radius 3 is 2.26 bits per heavy atom. The number of hydrogen-bond acceptors (Lipinski definition) is 2. The number of rotatable bonds is 10. The molecule has 0 unspecified atom stereocenters. The molecule has 2 aromatic carbocycles. The van der Waals surface area contributed by atoms with Crippen LogP contribution in [-0.4, -0.2) is 0 Å². The Kier molecular flexibility index (Phi) is 8.76. The third kappa shape index (κ3) is 5.99. The molecule has 0 fully saturated rings. The smallest absolute Gasteiger partial charge is 0.0494 e. The van der Waals surface area contributed by atoms with Crippen LogP contribution in [0.25, 0.3) is 11.6 Å². The molecular weight excluding hydrogens is 412 g/mol. The van der Waals surface area contributed by atoms with Crippen LogP contribution in [0.1, 0.15) is 68.7 Å². The fraction of sp³-hybridized carbons (Fsp3) is 0.312. The number of nitrogens with two attached hydrogens (primary N) is 1. The van der Waals surface area contributed by atoms with Crippen molar-refractivity contribution in [3.8, 4) is 0 Å². The maximum absolute atomic E-state index is 5.40. The van der Waals surface area contributed by atoms with Crippen LogP contribution in [0.5, 0.6) is 0 Å². The second-order valence-electron chi connectivity index (χ2n) is 9.60. The van der Waals surface area contributed by atoms with Gasteiger partial charge in [-0.15, -0.1) is 0 Å². The van der Waals surface area contributed by atoms with Crippen LogP contribution in [-0.2, 0) is 6.54 Å². The number of hydrogen-bond donors (Lipinski definition) is 1. The van der Waals surface area contributed by atoms with Crippen LogP contribution >= 0.6 is 0 Å². The van der Waals surface area contributed by atoms with E-state index in [4.69, 9.17) is 5.73 Å². The summed E-state index contributed by atoms with van der Waals surface area (Å²) in [4.78, 5) is 2.43. The Bertz CT molecular complexity index is 1090. The third-order valence-electron chi connectivity index (χ3n) is 6.73. The lowest BCUT2D eigenvalue weighted by molar-refractivity contribution is 0.336. The molecule has 0 amide bonds. The molecule has 1 aliphatic heterocycles. The van der Waals surface area contributed by atoms with E-state index >= 15 is 0 Å². The molecule has 0 aliphatic carbocycles. The van der Waals surface area contributed by atoms with Gasteiger partial charge in [-0.1, -0.05) is 106 Å². The molecule has 2 nitrogen and oxygen atoms in total. The Labute approximate surface area is 206 Å². The minimum Gasteiger partial charge on any atom is -0.405 e. The van der Waals surface area contributed by atoms with Crippen molar-refractivity contribution >= 4 is 17.3 Å². The van der Waals surface area contributed by atoms with E-state index in [9.17, 15) is 0 Å². The van der Waals surface area contributed by atoms with Crippen LogP contribution in [0.15, 0.2) is 91.3 Å². The quantitative estimate of drug-likeness (QED) is 0.366. The topological polar surface area (TPSA) is 29.3 Å². The van der Waals surface area contributed by atoms with Crippen LogP contribution in [0, 0.1) is 12.3 Å². The number of anilines is 1. The highest BCUT2D eigenvalue weighted by molar-refractivity contribution is 5.90. The summed E-state index contributed by atoms with van der Waals surface area (Å²) >= 11 is 0. The summed E-state index contributed by atoms with van der Waals surface area (Å²) in [5.74, 6) is 0. The van der Waals surface area contributed by atoms with Gasteiger partial charge in [-0.3, -0.25) is 0 Å². The summed E-state index contributed by atoms with van der Waals surface area (Å²) in [6, 6.07) is 15.6. The van der Waals surface area contributed by atoms with E-state index in [1.807, 2.05) is 24.3 Å². The fourth-order valence-corrected chi connectivity index (χ4v) is 4.99. The standard InChI is InChI=1S/C32H40N2/c1-6-19-32(5,20-7-2)30-24-34(23-28-15-13-25(3)14-16-28)31-22-27(12-10-8-9-11-21-33)17-18-29(31)26(30)4/h8-18,21-22,24H,4,6-7,19-20,23,33H2,1-3,5H3/b9-8-,12-10-,21-11+. The predicted molar refractivity (Wildman–Crippen MR) is 150 cm³/mol. The minimum atomic E-state index is 0.129. The summed E-state index contributed by atoms with van der Waals surface area (Å²) < 4.78 is 0. The predicted octanol–water partition coefficient (Wildman–Crippen LogP) is 8.56. The highest BCUT2D eigenvalue weighted by Crippen LogP contribution is 2.48. The summed E-state index contributed by atoms with van der Waals surface area (Å²) in [7, 11) is 0. The van der Waals surface area contributed by atoms with E-state index in [1.165, 1.54) is 71.0 Å². The average Bonchev–Trinajstić information content (AvgIpc) is 2.82. The fourth-order valence-electron chi connectivity index (χ4n) is 4.99. The van der Waals surface area contributed by atoms with E-state index in [0.29, 0.717) is 0 Å². The third-order valence-corrected chi connectivity index (χ3v) is 6.73.